The number of hydrogen-bond acceptors (Lipinski definition) is 3. The molecular formula is C13H17N3O2. The third-order valence-corrected chi connectivity index (χ3v) is 2.99. The van der Waals surface area contributed by atoms with Gasteiger partial charge in [-0.25, -0.2) is 0 Å². The Balaban J connectivity index is 2.23. The number of carbonyl (C=O) groups excluding carboxylic acids is 2. The van der Waals surface area contributed by atoms with Crippen LogP contribution in [0.15, 0.2) is 18.3 Å². The first-order chi connectivity index (χ1) is 8.61. The van der Waals surface area contributed by atoms with Gasteiger partial charge in [-0.15, -0.1) is 0 Å². The highest BCUT2D eigenvalue weighted by molar-refractivity contribution is 6.06. The van der Waals surface area contributed by atoms with Gasteiger partial charge in [-0.2, -0.15) is 0 Å². The maximum Gasteiger partial charge on any atom is 0.250 e. The fraction of sp³-hybridized carbons (Fsp3) is 0.462. The minimum atomic E-state index is -0.405. The molecule has 1 aromatic rings. The molecule has 0 spiro atoms. The van der Waals surface area contributed by atoms with Crippen LogP contribution in [0.5, 0.6) is 0 Å². The number of aryl methyl sites for hydroxylation is 1. The van der Waals surface area contributed by atoms with Gasteiger partial charge in [0.1, 0.15) is 12.6 Å². The van der Waals surface area contributed by atoms with Gasteiger partial charge >= 0.3 is 0 Å². The summed E-state index contributed by atoms with van der Waals surface area (Å²) >= 11 is 0. The van der Waals surface area contributed by atoms with E-state index in [0.29, 0.717) is 12.1 Å². The average molecular weight is 247 g/mol. The van der Waals surface area contributed by atoms with Crippen molar-refractivity contribution >= 4 is 17.5 Å². The number of piperazine rings is 1. The summed E-state index contributed by atoms with van der Waals surface area (Å²) < 4.78 is 0. The molecule has 1 unspecified atom stereocenters. The van der Waals surface area contributed by atoms with Gasteiger partial charge in [-0.3, -0.25) is 19.5 Å². The van der Waals surface area contributed by atoms with Gasteiger partial charge in [-0.05, 0) is 25.5 Å². The highest BCUT2D eigenvalue weighted by atomic mass is 16.2. The lowest BCUT2D eigenvalue weighted by Crippen LogP contribution is -2.58. The molecule has 1 atom stereocenters. The van der Waals surface area contributed by atoms with Crippen LogP contribution in [-0.4, -0.2) is 29.4 Å². The van der Waals surface area contributed by atoms with E-state index < -0.39 is 6.04 Å². The van der Waals surface area contributed by atoms with E-state index in [1.807, 2.05) is 26.0 Å². The SMILES string of the molecule is CCCC1NC(=O)CN(c2ccc(C)nc2)C1=O. The second kappa shape index (κ2) is 5.16. The van der Waals surface area contributed by atoms with E-state index in [1.165, 1.54) is 4.90 Å². The van der Waals surface area contributed by atoms with Crippen molar-refractivity contribution < 1.29 is 9.59 Å². The van der Waals surface area contributed by atoms with E-state index in [-0.39, 0.29) is 18.4 Å². The predicted molar refractivity (Wildman–Crippen MR) is 68.2 cm³/mol. The maximum absolute atomic E-state index is 12.2. The number of rotatable bonds is 3. The first-order valence-corrected chi connectivity index (χ1v) is 6.15. The van der Waals surface area contributed by atoms with Gasteiger partial charge in [0.05, 0.1) is 11.9 Å². The molecule has 96 valence electrons. The number of carbonyl (C=O) groups is 2. The van der Waals surface area contributed by atoms with Crippen LogP contribution in [0.1, 0.15) is 25.5 Å². The Morgan fingerprint density at radius 3 is 2.83 bits per heavy atom. The topological polar surface area (TPSA) is 62.3 Å². The summed E-state index contributed by atoms with van der Waals surface area (Å²) in [5.74, 6) is -0.171. The molecule has 1 saturated heterocycles. The van der Waals surface area contributed by atoms with E-state index >= 15 is 0 Å². The van der Waals surface area contributed by atoms with E-state index in [9.17, 15) is 9.59 Å². The summed E-state index contributed by atoms with van der Waals surface area (Å²) in [4.78, 5) is 29.5. The molecule has 0 radical (unpaired) electrons. The monoisotopic (exact) mass is 247 g/mol. The lowest BCUT2D eigenvalue weighted by molar-refractivity contribution is -0.131. The maximum atomic E-state index is 12.2. The van der Waals surface area contributed by atoms with E-state index in [1.54, 1.807) is 6.20 Å². The highest BCUT2D eigenvalue weighted by Gasteiger charge is 2.32. The van der Waals surface area contributed by atoms with Crippen LogP contribution in [0.2, 0.25) is 0 Å². The van der Waals surface area contributed by atoms with E-state index in [2.05, 4.69) is 10.3 Å². The Labute approximate surface area is 106 Å². The summed E-state index contributed by atoms with van der Waals surface area (Å²) in [6, 6.07) is 3.25. The van der Waals surface area contributed by atoms with Crippen LogP contribution in [0, 0.1) is 6.92 Å². The molecule has 2 heterocycles. The number of amides is 2. The van der Waals surface area contributed by atoms with Crippen LogP contribution < -0.4 is 10.2 Å². The normalized spacial score (nSPS) is 19.9. The number of aromatic nitrogens is 1. The standard InChI is InChI=1S/C13H17N3O2/c1-3-4-11-13(18)16(8-12(17)15-11)10-6-5-9(2)14-7-10/h5-7,11H,3-4,8H2,1-2H3,(H,15,17). The van der Waals surface area contributed by atoms with Crippen molar-refractivity contribution in [1.82, 2.24) is 10.3 Å². The molecule has 1 fully saturated rings. The van der Waals surface area contributed by atoms with Gasteiger partial charge in [-0.1, -0.05) is 13.3 Å². The molecular weight excluding hydrogens is 230 g/mol. The fourth-order valence-electron chi connectivity index (χ4n) is 2.03. The molecule has 0 bridgehead atoms. The van der Waals surface area contributed by atoms with Crippen molar-refractivity contribution in [3.63, 3.8) is 0 Å². The van der Waals surface area contributed by atoms with Gasteiger partial charge in [0.25, 0.3) is 0 Å². The van der Waals surface area contributed by atoms with Crippen LogP contribution in [0.25, 0.3) is 0 Å². The van der Waals surface area contributed by atoms with Crippen LogP contribution in [0.3, 0.4) is 0 Å². The van der Waals surface area contributed by atoms with E-state index in [0.717, 1.165) is 12.1 Å². The van der Waals surface area contributed by atoms with Gasteiger partial charge < -0.3 is 5.32 Å². The number of anilines is 1. The number of pyridine rings is 1. The predicted octanol–water partition coefficient (Wildman–Crippen LogP) is 1.02. The zero-order valence-electron chi connectivity index (χ0n) is 10.6. The molecule has 5 heteroatoms. The Bertz CT molecular complexity index is 456. The van der Waals surface area contributed by atoms with Gasteiger partial charge in [0, 0.05) is 5.69 Å². The molecule has 0 saturated carbocycles. The fourth-order valence-corrected chi connectivity index (χ4v) is 2.03. The first-order valence-electron chi connectivity index (χ1n) is 6.15. The van der Waals surface area contributed by atoms with E-state index in [4.69, 9.17) is 0 Å². The Morgan fingerprint density at radius 2 is 2.22 bits per heavy atom. The lowest BCUT2D eigenvalue weighted by Gasteiger charge is -2.32. The molecule has 2 amide bonds. The second-order valence-electron chi connectivity index (χ2n) is 4.49. The molecule has 1 aromatic heterocycles. The summed E-state index contributed by atoms with van der Waals surface area (Å²) in [7, 11) is 0. The molecule has 0 aromatic carbocycles. The van der Waals surface area contributed by atoms with Gasteiger partial charge in [0.2, 0.25) is 11.8 Å². The Hall–Kier alpha value is -1.91. The Morgan fingerprint density at radius 1 is 1.44 bits per heavy atom. The summed E-state index contributed by atoms with van der Waals surface area (Å²) in [6.45, 7) is 3.95. The molecule has 1 N–H and O–H groups in total. The van der Waals surface area contributed by atoms with Crippen molar-refractivity contribution in [2.45, 2.75) is 32.7 Å². The molecule has 1 aliphatic heterocycles. The van der Waals surface area contributed by atoms with Gasteiger partial charge in [0.15, 0.2) is 0 Å². The van der Waals surface area contributed by atoms with Crippen LogP contribution in [-0.2, 0) is 9.59 Å². The molecule has 1 aliphatic rings. The quantitative estimate of drug-likeness (QED) is 0.867. The molecule has 0 aliphatic carbocycles. The third kappa shape index (κ3) is 2.50. The van der Waals surface area contributed by atoms with Crippen LogP contribution in [0.4, 0.5) is 5.69 Å². The zero-order chi connectivity index (χ0) is 13.1. The van der Waals surface area contributed by atoms with Crippen molar-refractivity contribution in [3.8, 4) is 0 Å². The largest absolute Gasteiger partial charge is 0.343 e. The second-order valence-corrected chi connectivity index (χ2v) is 4.49. The number of nitrogens with one attached hydrogen (secondary N) is 1. The summed E-state index contributed by atoms with van der Waals surface area (Å²) in [6.07, 6.45) is 3.16. The average Bonchev–Trinajstić information content (AvgIpc) is 2.35. The van der Waals surface area contributed by atoms with Crippen molar-refractivity contribution in [2.24, 2.45) is 0 Å². The van der Waals surface area contributed by atoms with Crippen molar-refractivity contribution in [2.75, 3.05) is 11.4 Å². The smallest absolute Gasteiger partial charge is 0.250 e. The lowest BCUT2D eigenvalue weighted by atomic mass is 10.1. The molecule has 18 heavy (non-hydrogen) atoms. The molecule has 5 nitrogen and oxygen atoms in total. The number of nitrogens with zero attached hydrogens (tertiary/aromatic N) is 2. The summed E-state index contributed by atoms with van der Waals surface area (Å²) in [5, 5.41) is 2.73. The first kappa shape index (κ1) is 12.5. The Kier molecular flexibility index (Phi) is 3.60. The van der Waals surface area contributed by atoms with Crippen LogP contribution >= 0.6 is 0 Å². The third-order valence-electron chi connectivity index (χ3n) is 2.99. The summed E-state index contributed by atoms with van der Waals surface area (Å²) in [5.41, 5.74) is 1.57. The molecule has 2 rings (SSSR count). The minimum absolute atomic E-state index is 0.0536. The zero-order valence-corrected chi connectivity index (χ0v) is 10.6. The highest BCUT2D eigenvalue weighted by Crippen LogP contribution is 2.18. The van der Waals surface area contributed by atoms with Crippen molar-refractivity contribution in [1.29, 1.82) is 0 Å². The van der Waals surface area contributed by atoms with Crippen molar-refractivity contribution in [3.05, 3.63) is 24.0 Å². The number of hydrogen-bond donors (Lipinski definition) is 1. The minimum Gasteiger partial charge on any atom is -0.343 e.